The monoisotopic (exact) mass is 609 g/mol. The van der Waals surface area contributed by atoms with E-state index in [1.807, 2.05) is 13.0 Å². The van der Waals surface area contributed by atoms with Crippen LogP contribution in [0.1, 0.15) is 42.5 Å². The summed E-state index contributed by atoms with van der Waals surface area (Å²) in [6.07, 6.45) is 4.93. The number of halogens is 1. The third kappa shape index (κ3) is 5.63. The molecule has 2 amide bonds. The van der Waals surface area contributed by atoms with Crippen molar-refractivity contribution in [3.63, 3.8) is 0 Å². The smallest absolute Gasteiger partial charge is 0.251 e. The van der Waals surface area contributed by atoms with Gasteiger partial charge in [0.25, 0.3) is 5.91 Å². The van der Waals surface area contributed by atoms with Crippen molar-refractivity contribution in [2.75, 3.05) is 18.5 Å². The number of fused-ring (bicyclic) bond motifs is 2. The van der Waals surface area contributed by atoms with Gasteiger partial charge in [0.1, 0.15) is 34.9 Å². The molecule has 2 atom stereocenters. The standard InChI is InChI=1S/C33H30FN7O4.H2/c1-18-11-20-12-21(13-24(26(20)38-15-18)40-31-36-9-4-10-37-31)29(42)39-16-33(3,44)25-14-23-28(45-17-32(23,2)30(35)43)27(41-25)19-5-7-22(34)8-6-19;/h4-15,44H,16-17H2,1-3H3,(H2,35,43)(H,39,42)(H,36,37,40);1H/t32-,33-;/m0./s1. The van der Waals surface area contributed by atoms with Gasteiger partial charge >= 0.3 is 0 Å². The summed E-state index contributed by atoms with van der Waals surface area (Å²) in [4.78, 5) is 43.6. The highest BCUT2D eigenvalue weighted by molar-refractivity contribution is 6.02. The van der Waals surface area contributed by atoms with Gasteiger partial charge in [0, 0.05) is 42.1 Å². The third-order valence-electron chi connectivity index (χ3n) is 7.87. The SMILES string of the molecule is Cc1cnc2c(Nc3ncccn3)cc(C(=O)NC[C@](C)(O)c3cc4c(c(-c5ccc(F)cc5)n3)OC[C@]4(C)C(N)=O)cc2c1.[HH]. The first-order valence-corrected chi connectivity index (χ1v) is 14.1. The average molecular weight is 610 g/mol. The Morgan fingerprint density at radius 2 is 1.87 bits per heavy atom. The quantitative estimate of drug-likeness (QED) is 0.201. The van der Waals surface area contributed by atoms with E-state index in [2.05, 4.69) is 30.6 Å². The van der Waals surface area contributed by atoms with Crippen molar-refractivity contribution in [1.82, 2.24) is 25.3 Å². The molecule has 0 saturated carbocycles. The highest BCUT2D eigenvalue weighted by Gasteiger charge is 2.45. The number of aliphatic hydroxyl groups is 1. The Kier molecular flexibility index (Phi) is 7.37. The molecule has 0 unspecified atom stereocenters. The fourth-order valence-corrected chi connectivity index (χ4v) is 5.18. The minimum atomic E-state index is -1.70. The Morgan fingerprint density at radius 1 is 1.13 bits per heavy atom. The van der Waals surface area contributed by atoms with Gasteiger partial charge in [0.05, 0.1) is 23.4 Å². The summed E-state index contributed by atoms with van der Waals surface area (Å²) in [7, 11) is 0. The van der Waals surface area contributed by atoms with Gasteiger partial charge in [-0.1, -0.05) is 0 Å². The molecule has 0 aliphatic carbocycles. The fraction of sp³-hybridized carbons (Fsp3) is 0.212. The minimum Gasteiger partial charge on any atom is -0.489 e. The number of amides is 2. The molecule has 5 N–H and O–H groups in total. The lowest BCUT2D eigenvalue weighted by Crippen LogP contribution is -2.41. The summed E-state index contributed by atoms with van der Waals surface area (Å²) < 4.78 is 19.6. The van der Waals surface area contributed by atoms with Crippen LogP contribution in [0.5, 0.6) is 5.75 Å². The number of nitrogens with zero attached hydrogens (tertiary/aromatic N) is 4. The van der Waals surface area contributed by atoms with Gasteiger partial charge in [-0.2, -0.15) is 0 Å². The number of hydrogen-bond acceptors (Lipinski definition) is 9. The number of anilines is 2. The molecular formula is C33H32FN7O4. The van der Waals surface area contributed by atoms with Gasteiger partial charge in [0.15, 0.2) is 0 Å². The predicted molar refractivity (Wildman–Crippen MR) is 167 cm³/mol. The lowest BCUT2D eigenvalue weighted by molar-refractivity contribution is -0.123. The fourth-order valence-electron chi connectivity index (χ4n) is 5.18. The van der Waals surface area contributed by atoms with Gasteiger partial charge in [0.2, 0.25) is 11.9 Å². The maximum Gasteiger partial charge on any atom is 0.251 e. The number of carbonyl (C=O) groups excluding carboxylic acids is 2. The topological polar surface area (TPSA) is 165 Å². The normalized spacial score (nSPS) is 16.8. The highest BCUT2D eigenvalue weighted by Crippen LogP contribution is 2.45. The van der Waals surface area contributed by atoms with Crippen LogP contribution in [0, 0.1) is 12.7 Å². The number of pyridine rings is 2. The van der Waals surface area contributed by atoms with Crippen molar-refractivity contribution in [3.8, 4) is 17.0 Å². The Morgan fingerprint density at radius 3 is 2.58 bits per heavy atom. The Balaban J connectivity index is 0.00000417. The lowest BCUT2D eigenvalue weighted by atomic mass is 9.82. The van der Waals surface area contributed by atoms with Gasteiger partial charge in [-0.3, -0.25) is 14.6 Å². The van der Waals surface area contributed by atoms with Crippen molar-refractivity contribution in [1.29, 1.82) is 0 Å². The van der Waals surface area contributed by atoms with Gasteiger partial charge < -0.3 is 26.2 Å². The first kappa shape index (κ1) is 29.6. The number of aryl methyl sites for hydroxylation is 1. The van der Waals surface area contributed by atoms with Crippen LogP contribution in [-0.4, -0.2) is 50.0 Å². The van der Waals surface area contributed by atoms with E-state index in [4.69, 9.17) is 10.5 Å². The molecule has 4 heterocycles. The molecule has 3 aromatic heterocycles. The van der Waals surface area contributed by atoms with Crippen LogP contribution in [0.2, 0.25) is 0 Å². The van der Waals surface area contributed by atoms with E-state index in [0.29, 0.717) is 45.3 Å². The molecule has 0 fully saturated rings. The molecule has 0 radical (unpaired) electrons. The number of primary amides is 1. The van der Waals surface area contributed by atoms with E-state index in [1.165, 1.54) is 31.2 Å². The molecule has 12 heteroatoms. The summed E-state index contributed by atoms with van der Waals surface area (Å²) in [5.74, 6) is -0.829. The van der Waals surface area contributed by atoms with Crippen LogP contribution in [0.15, 0.2) is 73.2 Å². The lowest BCUT2D eigenvalue weighted by Gasteiger charge is -2.26. The van der Waals surface area contributed by atoms with Gasteiger partial charge in [-0.05, 0) is 80.9 Å². The zero-order valence-corrected chi connectivity index (χ0v) is 24.8. The van der Waals surface area contributed by atoms with Crippen molar-refractivity contribution in [3.05, 3.63) is 101 Å². The van der Waals surface area contributed by atoms with Gasteiger partial charge in [-0.15, -0.1) is 0 Å². The molecule has 2 aromatic carbocycles. The van der Waals surface area contributed by atoms with Crippen LogP contribution in [-0.2, 0) is 15.8 Å². The molecule has 0 spiro atoms. The largest absolute Gasteiger partial charge is 0.489 e. The Labute approximate surface area is 259 Å². The second kappa shape index (κ2) is 11.2. The number of benzene rings is 2. The van der Waals surface area contributed by atoms with Crippen LogP contribution in [0.25, 0.3) is 22.2 Å². The number of nitrogens with one attached hydrogen (secondary N) is 2. The van der Waals surface area contributed by atoms with E-state index in [9.17, 15) is 19.1 Å². The number of nitrogens with two attached hydrogens (primary N) is 1. The average Bonchev–Trinajstić information content (AvgIpc) is 3.38. The van der Waals surface area contributed by atoms with Crippen molar-refractivity contribution < 1.29 is 25.2 Å². The predicted octanol–water partition coefficient (Wildman–Crippen LogP) is 4.30. The van der Waals surface area contributed by atoms with Crippen molar-refractivity contribution in [2.24, 2.45) is 5.73 Å². The molecule has 0 bridgehead atoms. The van der Waals surface area contributed by atoms with E-state index < -0.39 is 28.6 Å². The number of aromatic nitrogens is 4. The molecule has 11 nitrogen and oxygen atoms in total. The van der Waals surface area contributed by atoms with Crippen LogP contribution < -0.4 is 21.1 Å². The highest BCUT2D eigenvalue weighted by atomic mass is 19.1. The van der Waals surface area contributed by atoms with Gasteiger partial charge in [-0.25, -0.2) is 19.3 Å². The van der Waals surface area contributed by atoms with E-state index in [1.54, 1.807) is 49.8 Å². The zero-order chi connectivity index (χ0) is 31.9. The molecule has 6 rings (SSSR count). The third-order valence-corrected chi connectivity index (χ3v) is 7.87. The molecule has 45 heavy (non-hydrogen) atoms. The molecule has 5 aromatic rings. The molecule has 1 aliphatic heterocycles. The van der Waals surface area contributed by atoms with Crippen molar-refractivity contribution in [2.45, 2.75) is 31.8 Å². The number of ether oxygens (including phenoxy) is 1. The molecular weight excluding hydrogens is 577 g/mol. The van der Waals surface area contributed by atoms with E-state index in [-0.39, 0.29) is 20.3 Å². The Bertz CT molecular complexity index is 1960. The molecule has 1 aliphatic rings. The summed E-state index contributed by atoms with van der Waals surface area (Å²) in [6, 6.07) is 14.2. The van der Waals surface area contributed by atoms with Crippen LogP contribution in [0.4, 0.5) is 16.0 Å². The van der Waals surface area contributed by atoms with E-state index >= 15 is 0 Å². The zero-order valence-electron chi connectivity index (χ0n) is 24.8. The summed E-state index contributed by atoms with van der Waals surface area (Å²) >= 11 is 0. The summed E-state index contributed by atoms with van der Waals surface area (Å²) in [6.45, 7) is 4.81. The summed E-state index contributed by atoms with van der Waals surface area (Å²) in [5.41, 5.74) is 6.71. The number of carbonyl (C=O) groups is 2. The maximum atomic E-state index is 13.7. The molecule has 230 valence electrons. The number of rotatable bonds is 8. The minimum absolute atomic E-state index is 0. The summed E-state index contributed by atoms with van der Waals surface area (Å²) in [5, 5.41) is 18.3. The van der Waals surface area contributed by atoms with Crippen LogP contribution >= 0.6 is 0 Å². The second-order valence-corrected chi connectivity index (χ2v) is 11.5. The Hall–Kier alpha value is -5.49. The van der Waals surface area contributed by atoms with Crippen molar-refractivity contribution >= 4 is 34.4 Å². The number of hydrogen-bond donors (Lipinski definition) is 4. The van der Waals surface area contributed by atoms with E-state index in [0.717, 1.165) is 10.9 Å². The maximum absolute atomic E-state index is 13.7. The first-order chi connectivity index (χ1) is 21.4. The molecule has 0 saturated heterocycles. The first-order valence-electron chi connectivity index (χ1n) is 14.1. The van der Waals surface area contributed by atoms with Crippen LogP contribution in [0.3, 0.4) is 0 Å². The second-order valence-electron chi connectivity index (χ2n) is 11.5.